The van der Waals surface area contributed by atoms with Crippen molar-refractivity contribution in [2.24, 2.45) is 0 Å². The molecule has 2 aromatic heterocycles. The molecule has 1 amide bonds. The van der Waals surface area contributed by atoms with Crippen LogP contribution in [0.2, 0.25) is 16.6 Å². The van der Waals surface area contributed by atoms with Crippen LogP contribution in [-0.2, 0) is 9.16 Å². The Kier molecular flexibility index (Phi) is 9.65. The number of aromatic nitrogens is 4. The Hall–Kier alpha value is -2.70. The summed E-state index contributed by atoms with van der Waals surface area (Å²) < 4.78 is 15.6. The van der Waals surface area contributed by atoms with Crippen molar-refractivity contribution in [2.75, 3.05) is 31.6 Å². The maximum absolute atomic E-state index is 12.8. The first-order valence-corrected chi connectivity index (χ1v) is 16.8. The molecule has 2 atom stereocenters. The molecule has 224 valence electrons. The number of aliphatic hydroxyl groups is 1. The van der Waals surface area contributed by atoms with Crippen LogP contribution in [0.5, 0.6) is 0 Å². The third kappa shape index (κ3) is 6.24. The second-order valence-electron chi connectivity index (χ2n) is 12.4. The fraction of sp³-hybridized carbons (Fsp3) is 0.600. The molecule has 1 aromatic carbocycles. The van der Waals surface area contributed by atoms with Crippen molar-refractivity contribution in [3.05, 3.63) is 48.5 Å². The third-order valence-corrected chi connectivity index (χ3v) is 14.6. The number of nitrogens with one attached hydrogen (secondary N) is 1. The largest absolute Gasteiger partial charge is 0.413 e. The number of amides is 1. The Morgan fingerprint density at radius 3 is 2.32 bits per heavy atom. The minimum Gasteiger partial charge on any atom is -0.413 e. The van der Waals surface area contributed by atoms with Crippen LogP contribution in [0, 0.1) is 0 Å². The van der Waals surface area contributed by atoms with Gasteiger partial charge >= 0.3 is 0 Å². The smallest absolute Gasteiger partial charge is 0.256 e. The number of ether oxygens (including phenoxy) is 1. The quantitative estimate of drug-likeness (QED) is 0.295. The summed E-state index contributed by atoms with van der Waals surface area (Å²) >= 11 is 0. The lowest BCUT2D eigenvalue weighted by Gasteiger charge is -2.50. The van der Waals surface area contributed by atoms with Gasteiger partial charge in [-0.2, -0.15) is 0 Å². The maximum Gasteiger partial charge on any atom is 0.256 e. The Morgan fingerprint density at radius 2 is 1.73 bits per heavy atom. The second kappa shape index (κ2) is 12.7. The highest BCUT2D eigenvalue weighted by atomic mass is 28.4. The molecule has 1 saturated heterocycles. The number of anilines is 1. The molecule has 0 spiro atoms. The normalized spacial score (nSPS) is 20.6. The lowest BCUT2D eigenvalue weighted by Crippen LogP contribution is -2.61. The van der Waals surface area contributed by atoms with Crippen LogP contribution < -0.4 is 5.32 Å². The molecule has 4 rings (SSSR count). The number of benzene rings is 1. The van der Waals surface area contributed by atoms with Crippen LogP contribution in [0.3, 0.4) is 0 Å². The van der Waals surface area contributed by atoms with Crippen LogP contribution in [-0.4, -0.2) is 81.7 Å². The highest BCUT2D eigenvalue weighted by Crippen LogP contribution is 2.43. The number of fused-ring (bicyclic) bond motifs is 1. The summed E-state index contributed by atoms with van der Waals surface area (Å²) in [5.74, 6) is 0.0575. The predicted octanol–water partition coefficient (Wildman–Crippen LogP) is 5.24. The van der Waals surface area contributed by atoms with E-state index in [-0.39, 0.29) is 18.6 Å². The first-order chi connectivity index (χ1) is 19.4. The number of aliphatic hydroxyl groups excluding tert-OH is 1. The van der Waals surface area contributed by atoms with E-state index in [0.29, 0.717) is 58.9 Å². The molecule has 3 aromatic rings. The average Bonchev–Trinajstić information content (AvgIpc) is 3.38. The molecule has 10 nitrogen and oxygen atoms in total. The molecule has 1 aliphatic rings. The number of nitrogens with zero attached hydrogens (tertiary/aromatic N) is 5. The summed E-state index contributed by atoms with van der Waals surface area (Å²) in [6.45, 7) is 19.1. The van der Waals surface area contributed by atoms with E-state index in [0.717, 1.165) is 0 Å². The van der Waals surface area contributed by atoms with Crippen LogP contribution in [0.15, 0.2) is 43.0 Å². The number of morpholine rings is 1. The summed E-state index contributed by atoms with van der Waals surface area (Å²) in [5.41, 5.74) is 1.87. The Labute approximate surface area is 244 Å². The number of carbonyl (C=O) groups is 1. The van der Waals surface area contributed by atoms with Crippen molar-refractivity contribution in [1.82, 2.24) is 24.4 Å². The molecule has 11 heteroatoms. The van der Waals surface area contributed by atoms with Gasteiger partial charge in [0.1, 0.15) is 18.2 Å². The number of carbonyl (C=O) groups excluding carboxylic acids is 1. The van der Waals surface area contributed by atoms with E-state index < -0.39 is 20.1 Å². The lowest BCUT2D eigenvalue weighted by molar-refractivity contribution is -0.215. The van der Waals surface area contributed by atoms with Crippen LogP contribution >= 0.6 is 0 Å². The highest BCUT2D eigenvalue weighted by molar-refractivity contribution is 6.77. The standard InChI is InChI=1S/C30H46N6O4Si/c1-20(2)35-14-25(40-30(15-35,16-37)17-39-41(21(3)4,22(5)6)23(7)8)36-19-33-26-27(31-18-32-28(26)36)34-29(38)24-12-10-9-11-13-24/h9-13,18-23,25,37H,14-17H2,1-8H3,(H,31,32,34,38)/t25-,30+/m1/s1. The second-order valence-corrected chi connectivity index (χ2v) is 17.9. The lowest BCUT2D eigenvalue weighted by atomic mass is 10.0. The zero-order chi connectivity index (χ0) is 29.9. The van der Waals surface area contributed by atoms with Gasteiger partial charge in [-0.1, -0.05) is 59.7 Å². The van der Waals surface area contributed by atoms with Crippen LogP contribution in [0.25, 0.3) is 11.2 Å². The minimum atomic E-state index is -2.20. The molecular weight excluding hydrogens is 536 g/mol. The number of imidazole rings is 1. The van der Waals surface area contributed by atoms with Crippen molar-refractivity contribution < 1.29 is 19.1 Å². The van der Waals surface area contributed by atoms with Gasteiger partial charge in [-0.05, 0) is 42.6 Å². The van der Waals surface area contributed by atoms with Crippen LogP contribution in [0.1, 0.15) is 72.0 Å². The monoisotopic (exact) mass is 582 g/mol. The van der Waals surface area contributed by atoms with E-state index in [1.54, 1.807) is 18.5 Å². The molecule has 0 unspecified atom stereocenters. The fourth-order valence-electron chi connectivity index (χ4n) is 6.43. The molecule has 0 aliphatic carbocycles. The molecule has 0 radical (unpaired) electrons. The van der Waals surface area contributed by atoms with Gasteiger partial charge < -0.3 is 19.6 Å². The SMILES string of the molecule is CC(C)N1C[C@H](n2cnc3c(NC(=O)c4ccccc4)ncnc32)O[C@@](CO)(CO[Si](C(C)C)(C(C)C)C(C)C)C1. The Bertz CT molecular complexity index is 1290. The van der Waals surface area contributed by atoms with Gasteiger partial charge in [0.25, 0.3) is 5.91 Å². The summed E-state index contributed by atoms with van der Waals surface area (Å²) in [4.78, 5) is 28.5. The van der Waals surface area contributed by atoms with E-state index in [4.69, 9.17) is 9.16 Å². The number of rotatable bonds is 11. The van der Waals surface area contributed by atoms with E-state index in [2.05, 4.69) is 80.6 Å². The van der Waals surface area contributed by atoms with E-state index in [1.165, 1.54) is 6.33 Å². The van der Waals surface area contributed by atoms with Gasteiger partial charge in [0, 0.05) is 24.7 Å². The summed E-state index contributed by atoms with van der Waals surface area (Å²) in [6, 6.07) is 9.20. The van der Waals surface area contributed by atoms with Crippen molar-refractivity contribution >= 4 is 31.2 Å². The minimum absolute atomic E-state index is 0.175. The maximum atomic E-state index is 12.8. The molecular formula is C30H46N6O4Si. The summed E-state index contributed by atoms with van der Waals surface area (Å²) in [7, 11) is -2.20. The zero-order valence-corrected chi connectivity index (χ0v) is 26.7. The van der Waals surface area contributed by atoms with E-state index >= 15 is 0 Å². The molecule has 2 N–H and O–H groups in total. The van der Waals surface area contributed by atoms with E-state index in [9.17, 15) is 9.90 Å². The fourth-order valence-corrected chi connectivity index (χ4v) is 11.9. The van der Waals surface area contributed by atoms with Gasteiger partial charge in [-0.25, -0.2) is 15.0 Å². The third-order valence-electron chi connectivity index (χ3n) is 8.52. The van der Waals surface area contributed by atoms with E-state index in [1.807, 2.05) is 22.8 Å². The molecule has 0 bridgehead atoms. The predicted molar refractivity (Wildman–Crippen MR) is 163 cm³/mol. The highest BCUT2D eigenvalue weighted by Gasteiger charge is 2.49. The average molecular weight is 583 g/mol. The number of hydrogen-bond acceptors (Lipinski definition) is 8. The van der Waals surface area contributed by atoms with Gasteiger partial charge in [0.2, 0.25) is 0 Å². The zero-order valence-electron chi connectivity index (χ0n) is 25.7. The first-order valence-electron chi connectivity index (χ1n) is 14.6. The van der Waals surface area contributed by atoms with Crippen molar-refractivity contribution in [2.45, 2.75) is 89.9 Å². The summed E-state index contributed by atoms with van der Waals surface area (Å²) in [6.07, 6.45) is 2.61. The molecule has 41 heavy (non-hydrogen) atoms. The van der Waals surface area contributed by atoms with Crippen LogP contribution in [0.4, 0.5) is 5.82 Å². The van der Waals surface area contributed by atoms with Gasteiger partial charge in [-0.3, -0.25) is 14.3 Å². The Morgan fingerprint density at radius 1 is 1.07 bits per heavy atom. The van der Waals surface area contributed by atoms with Crippen molar-refractivity contribution in [1.29, 1.82) is 0 Å². The molecule has 1 fully saturated rings. The summed E-state index contributed by atoms with van der Waals surface area (Å²) in [5, 5.41) is 13.7. The van der Waals surface area contributed by atoms with Crippen molar-refractivity contribution in [3.8, 4) is 0 Å². The first kappa shape index (κ1) is 31.2. The van der Waals surface area contributed by atoms with Gasteiger partial charge in [0.15, 0.2) is 25.3 Å². The molecule has 1 aliphatic heterocycles. The van der Waals surface area contributed by atoms with Crippen molar-refractivity contribution in [3.63, 3.8) is 0 Å². The number of hydrogen-bond donors (Lipinski definition) is 2. The van der Waals surface area contributed by atoms with Gasteiger partial charge in [-0.15, -0.1) is 0 Å². The topological polar surface area (TPSA) is 115 Å². The molecule has 3 heterocycles. The molecule has 0 saturated carbocycles. The van der Waals surface area contributed by atoms with Gasteiger partial charge in [0.05, 0.1) is 19.5 Å². The Balaban J connectivity index is 1.65.